The van der Waals surface area contributed by atoms with E-state index in [1.165, 1.54) is 13.2 Å². The lowest BCUT2D eigenvalue weighted by Gasteiger charge is -2.34. The van der Waals surface area contributed by atoms with Crippen LogP contribution in [-0.2, 0) is 0 Å². The molecule has 1 aliphatic rings. The van der Waals surface area contributed by atoms with Crippen LogP contribution in [0.5, 0.6) is 11.5 Å². The summed E-state index contributed by atoms with van der Waals surface area (Å²) in [5.74, 6) is 0.406. The molecule has 1 amide bonds. The number of ether oxygens (including phenoxy) is 1. The topological polar surface area (TPSA) is 53.0 Å². The van der Waals surface area contributed by atoms with Gasteiger partial charge in [-0.05, 0) is 18.7 Å². The molecule has 5 heteroatoms. The molecule has 1 N–H and O–H groups in total. The highest BCUT2D eigenvalue weighted by Gasteiger charge is 2.23. The van der Waals surface area contributed by atoms with Gasteiger partial charge >= 0.3 is 0 Å². The van der Waals surface area contributed by atoms with E-state index in [0.29, 0.717) is 24.4 Å². The Morgan fingerprint density at radius 1 is 1.32 bits per heavy atom. The first-order valence-corrected chi connectivity index (χ1v) is 6.54. The summed E-state index contributed by atoms with van der Waals surface area (Å²) in [6.07, 6.45) is 0. The van der Waals surface area contributed by atoms with Gasteiger partial charge in [0, 0.05) is 32.2 Å². The number of benzene rings is 1. The van der Waals surface area contributed by atoms with Gasteiger partial charge in [0.15, 0.2) is 0 Å². The standard InChI is InChI=1S/C14H20N2O3/c1-3-15-6-8-16(9-7-15)14(18)12-5-4-11(19-2)10-13(12)17/h4-5,10,17H,3,6-9H2,1-2H3. The maximum atomic E-state index is 12.3. The molecule has 5 nitrogen and oxygen atoms in total. The number of aromatic hydroxyl groups is 1. The summed E-state index contributed by atoms with van der Waals surface area (Å²) < 4.78 is 5.01. The van der Waals surface area contributed by atoms with Gasteiger partial charge in [-0.25, -0.2) is 0 Å². The van der Waals surface area contributed by atoms with Crippen LogP contribution in [0.25, 0.3) is 0 Å². The van der Waals surface area contributed by atoms with Crippen molar-refractivity contribution in [3.8, 4) is 11.5 Å². The van der Waals surface area contributed by atoms with Gasteiger partial charge in [-0.1, -0.05) is 6.92 Å². The van der Waals surface area contributed by atoms with Crippen molar-refractivity contribution in [3.05, 3.63) is 23.8 Å². The van der Waals surface area contributed by atoms with Crippen LogP contribution in [0.1, 0.15) is 17.3 Å². The Labute approximate surface area is 113 Å². The SMILES string of the molecule is CCN1CCN(C(=O)c2ccc(OC)cc2O)CC1. The second kappa shape index (κ2) is 5.93. The maximum absolute atomic E-state index is 12.3. The molecule has 0 atom stereocenters. The van der Waals surface area contributed by atoms with E-state index >= 15 is 0 Å². The minimum atomic E-state index is -0.115. The van der Waals surface area contributed by atoms with Gasteiger partial charge in [-0.2, -0.15) is 0 Å². The predicted molar refractivity (Wildman–Crippen MR) is 72.7 cm³/mol. The zero-order valence-electron chi connectivity index (χ0n) is 11.4. The number of nitrogens with zero attached hydrogens (tertiary/aromatic N) is 2. The summed E-state index contributed by atoms with van der Waals surface area (Å²) in [7, 11) is 1.53. The van der Waals surface area contributed by atoms with E-state index in [4.69, 9.17) is 4.74 Å². The lowest BCUT2D eigenvalue weighted by molar-refractivity contribution is 0.0640. The number of phenols is 1. The highest BCUT2D eigenvalue weighted by Crippen LogP contribution is 2.24. The summed E-state index contributed by atoms with van der Waals surface area (Å²) in [4.78, 5) is 16.4. The Bertz CT molecular complexity index is 454. The zero-order chi connectivity index (χ0) is 13.8. The number of likely N-dealkylation sites (N-methyl/N-ethyl adjacent to an activating group) is 1. The number of rotatable bonds is 3. The molecule has 1 heterocycles. The summed E-state index contributed by atoms with van der Waals surface area (Å²) in [6.45, 7) is 6.32. The minimum Gasteiger partial charge on any atom is -0.507 e. The molecule has 1 aromatic carbocycles. The van der Waals surface area contributed by atoms with Crippen LogP contribution < -0.4 is 4.74 Å². The highest BCUT2D eigenvalue weighted by molar-refractivity contribution is 5.97. The molecular formula is C14H20N2O3. The molecule has 0 saturated carbocycles. The number of piperazine rings is 1. The van der Waals surface area contributed by atoms with Gasteiger partial charge in [0.1, 0.15) is 11.5 Å². The summed E-state index contributed by atoms with van der Waals surface area (Å²) in [5, 5.41) is 9.88. The third kappa shape index (κ3) is 2.98. The van der Waals surface area contributed by atoms with E-state index in [2.05, 4.69) is 11.8 Å². The molecule has 104 valence electrons. The normalized spacial score (nSPS) is 16.4. The Hall–Kier alpha value is -1.75. The zero-order valence-corrected chi connectivity index (χ0v) is 11.4. The second-order valence-corrected chi connectivity index (χ2v) is 4.61. The van der Waals surface area contributed by atoms with Crippen LogP contribution >= 0.6 is 0 Å². The van der Waals surface area contributed by atoms with Crippen molar-refractivity contribution in [3.63, 3.8) is 0 Å². The van der Waals surface area contributed by atoms with Crippen molar-refractivity contribution >= 4 is 5.91 Å². The molecule has 0 radical (unpaired) electrons. The minimum absolute atomic E-state index is 0.0257. The van der Waals surface area contributed by atoms with Crippen molar-refractivity contribution in [2.45, 2.75) is 6.92 Å². The fourth-order valence-electron chi connectivity index (χ4n) is 2.26. The average Bonchev–Trinajstić information content (AvgIpc) is 2.46. The molecule has 1 saturated heterocycles. The van der Waals surface area contributed by atoms with Crippen molar-refractivity contribution in [1.82, 2.24) is 9.80 Å². The first-order valence-electron chi connectivity index (χ1n) is 6.54. The molecule has 0 spiro atoms. The fourth-order valence-corrected chi connectivity index (χ4v) is 2.26. The van der Waals surface area contributed by atoms with Gasteiger partial charge in [-0.3, -0.25) is 4.79 Å². The quantitative estimate of drug-likeness (QED) is 0.890. The number of methoxy groups -OCH3 is 1. The third-order valence-electron chi connectivity index (χ3n) is 3.54. The van der Waals surface area contributed by atoms with Crippen molar-refractivity contribution in [2.24, 2.45) is 0 Å². The molecule has 0 aliphatic carbocycles. The monoisotopic (exact) mass is 264 g/mol. The van der Waals surface area contributed by atoms with E-state index in [1.807, 2.05) is 0 Å². The number of hydrogen-bond acceptors (Lipinski definition) is 4. The largest absolute Gasteiger partial charge is 0.507 e. The molecule has 1 aliphatic heterocycles. The molecule has 0 bridgehead atoms. The van der Waals surface area contributed by atoms with E-state index < -0.39 is 0 Å². The van der Waals surface area contributed by atoms with Crippen LogP contribution in [0.15, 0.2) is 18.2 Å². The second-order valence-electron chi connectivity index (χ2n) is 4.61. The van der Waals surface area contributed by atoms with Crippen LogP contribution in [0.2, 0.25) is 0 Å². The van der Waals surface area contributed by atoms with Crippen molar-refractivity contribution in [1.29, 1.82) is 0 Å². The molecule has 1 fully saturated rings. The highest BCUT2D eigenvalue weighted by atomic mass is 16.5. The van der Waals surface area contributed by atoms with Gasteiger partial charge in [0.2, 0.25) is 0 Å². The molecule has 0 unspecified atom stereocenters. The van der Waals surface area contributed by atoms with Gasteiger partial charge < -0.3 is 19.6 Å². The Morgan fingerprint density at radius 3 is 2.53 bits per heavy atom. The number of hydrogen-bond donors (Lipinski definition) is 1. The number of carbonyl (C=O) groups excluding carboxylic acids is 1. The molecule has 0 aromatic heterocycles. The lowest BCUT2D eigenvalue weighted by Crippen LogP contribution is -2.48. The lowest BCUT2D eigenvalue weighted by atomic mass is 10.1. The average molecular weight is 264 g/mol. The Morgan fingerprint density at radius 2 is 2.00 bits per heavy atom. The van der Waals surface area contributed by atoms with E-state index in [1.54, 1.807) is 17.0 Å². The summed E-state index contributed by atoms with van der Waals surface area (Å²) >= 11 is 0. The number of carbonyl (C=O) groups is 1. The molecule has 1 aromatic rings. The molecule has 2 rings (SSSR count). The predicted octanol–water partition coefficient (Wildman–Crippen LogP) is 1.18. The van der Waals surface area contributed by atoms with Crippen LogP contribution in [0.4, 0.5) is 0 Å². The first-order chi connectivity index (χ1) is 9.15. The molecule has 19 heavy (non-hydrogen) atoms. The Balaban J connectivity index is 2.08. The van der Waals surface area contributed by atoms with Crippen molar-refractivity contribution in [2.75, 3.05) is 39.8 Å². The molecular weight excluding hydrogens is 244 g/mol. The van der Waals surface area contributed by atoms with Gasteiger partial charge in [0.05, 0.1) is 12.7 Å². The third-order valence-corrected chi connectivity index (χ3v) is 3.54. The Kier molecular flexibility index (Phi) is 4.27. The van der Waals surface area contributed by atoms with Gasteiger partial charge in [0.25, 0.3) is 5.91 Å². The van der Waals surface area contributed by atoms with Crippen molar-refractivity contribution < 1.29 is 14.6 Å². The van der Waals surface area contributed by atoms with Gasteiger partial charge in [-0.15, -0.1) is 0 Å². The maximum Gasteiger partial charge on any atom is 0.257 e. The first kappa shape index (κ1) is 13.7. The van der Waals surface area contributed by atoms with Crippen LogP contribution in [-0.4, -0.2) is 60.6 Å². The number of amides is 1. The summed E-state index contributed by atoms with van der Waals surface area (Å²) in [6, 6.07) is 4.77. The van der Waals surface area contributed by atoms with E-state index in [9.17, 15) is 9.90 Å². The van der Waals surface area contributed by atoms with Crippen LogP contribution in [0.3, 0.4) is 0 Å². The fraction of sp³-hybridized carbons (Fsp3) is 0.500. The smallest absolute Gasteiger partial charge is 0.257 e. The van der Waals surface area contributed by atoms with Crippen LogP contribution in [0, 0.1) is 0 Å². The summed E-state index contributed by atoms with van der Waals surface area (Å²) in [5.41, 5.74) is 0.339. The van der Waals surface area contributed by atoms with E-state index in [0.717, 1.165) is 19.6 Å². The number of phenolic OH excluding ortho intramolecular Hbond substituents is 1. The van der Waals surface area contributed by atoms with E-state index in [-0.39, 0.29) is 11.7 Å².